The predicted octanol–water partition coefficient (Wildman–Crippen LogP) is 5.02. The Morgan fingerprint density at radius 1 is 1.07 bits per heavy atom. The second-order valence-corrected chi connectivity index (χ2v) is 7.79. The van der Waals surface area contributed by atoms with E-state index in [1.165, 1.54) is 17.3 Å². The first-order valence-corrected chi connectivity index (χ1v) is 10.6. The van der Waals surface area contributed by atoms with Crippen LogP contribution >= 0.6 is 27.7 Å². The van der Waals surface area contributed by atoms with E-state index in [9.17, 15) is 4.79 Å². The predicted molar refractivity (Wildman–Crippen MR) is 115 cm³/mol. The molecular formula is C20H21BrN4OS. The molecule has 0 saturated carbocycles. The molecule has 5 nitrogen and oxygen atoms in total. The van der Waals surface area contributed by atoms with Gasteiger partial charge >= 0.3 is 0 Å². The molecule has 0 radical (unpaired) electrons. The minimum absolute atomic E-state index is 0.156. The van der Waals surface area contributed by atoms with Crippen molar-refractivity contribution in [2.24, 2.45) is 0 Å². The van der Waals surface area contributed by atoms with Gasteiger partial charge in [-0.05, 0) is 42.7 Å². The zero-order valence-corrected chi connectivity index (χ0v) is 17.7. The summed E-state index contributed by atoms with van der Waals surface area (Å²) in [4.78, 5) is 12.9. The highest BCUT2D eigenvalue weighted by atomic mass is 79.9. The first kappa shape index (κ1) is 19.6. The third-order valence-electron chi connectivity index (χ3n) is 4.16. The van der Waals surface area contributed by atoms with Gasteiger partial charge in [0.15, 0.2) is 5.16 Å². The van der Waals surface area contributed by atoms with Crippen molar-refractivity contribution in [2.75, 3.05) is 5.32 Å². The number of hydrogen-bond donors (Lipinski definition) is 1. The molecule has 0 atom stereocenters. The number of anilines is 2. The highest BCUT2D eigenvalue weighted by Gasteiger charge is 2.13. The summed E-state index contributed by atoms with van der Waals surface area (Å²) < 4.78 is 2.71. The number of hydrogen-bond acceptors (Lipinski definition) is 5. The van der Waals surface area contributed by atoms with E-state index in [0.717, 1.165) is 27.9 Å². The molecular weight excluding hydrogens is 424 g/mol. The first-order valence-electron chi connectivity index (χ1n) is 8.82. The maximum Gasteiger partial charge on any atom is 0.297 e. The summed E-state index contributed by atoms with van der Waals surface area (Å²) in [5, 5.41) is 12.2. The number of halogens is 1. The van der Waals surface area contributed by atoms with Gasteiger partial charge in [-0.15, -0.1) is 10.2 Å². The lowest BCUT2D eigenvalue weighted by Gasteiger charge is -2.13. The maximum atomic E-state index is 12.9. The second kappa shape index (κ2) is 9.19. The van der Waals surface area contributed by atoms with Crippen molar-refractivity contribution in [1.82, 2.24) is 14.8 Å². The van der Waals surface area contributed by atoms with Gasteiger partial charge in [-0.25, -0.2) is 0 Å². The van der Waals surface area contributed by atoms with Gasteiger partial charge in [-0.3, -0.25) is 9.36 Å². The molecule has 0 unspecified atom stereocenters. The topological polar surface area (TPSA) is 59.8 Å². The fourth-order valence-corrected chi connectivity index (χ4v) is 3.89. The Hall–Kier alpha value is -2.12. The number of para-hydroxylation sites is 1. The Labute approximate surface area is 171 Å². The fourth-order valence-electron chi connectivity index (χ4n) is 2.67. The molecule has 0 aliphatic heterocycles. The first-order chi connectivity index (χ1) is 13.1. The molecule has 140 valence electrons. The van der Waals surface area contributed by atoms with Crippen LogP contribution in [-0.4, -0.2) is 14.8 Å². The van der Waals surface area contributed by atoms with Gasteiger partial charge in [0.2, 0.25) is 5.82 Å². The minimum Gasteiger partial charge on any atom is -0.334 e. The molecule has 27 heavy (non-hydrogen) atoms. The number of aromatic nitrogens is 3. The number of benzene rings is 2. The van der Waals surface area contributed by atoms with Crippen molar-refractivity contribution >= 4 is 39.2 Å². The highest BCUT2D eigenvalue weighted by Crippen LogP contribution is 2.22. The number of rotatable bonds is 7. The maximum absolute atomic E-state index is 12.9. The number of aryl methyl sites for hydroxylation is 1. The second-order valence-electron chi connectivity index (χ2n) is 5.93. The monoisotopic (exact) mass is 444 g/mol. The van der Waals surface area contributed by atoms with Crippen LogP contribution in [0.3, 0.4) is 0 Å². The lowest BCUT2D eigenvalue weighted by Crippen LogP contribution is -2.26. The van der Waals surface area contributed by atoms with Gasteiger partial charge in [0.25, 0.3) is 5.56 Å². The summed E-state index contributed by atoms with van der Waals surface area (Å²) in [6, 6.07) is 16.0. The quantitative estimate of drug-likeness (QED) is 0.518. The molecule has 0 bridgehead atoms. The van der Waals surface area contributed by atoms with Crippen LogP contribution in [-0.2, 0) is 18.7 Å². The van der Waals surface area contributed by atoms with Crippen LogP contribution in [0.2, 0.25) is 0 Å². The fraction of sp³-hybridized carbons (Fsp3) is 0.250. The minimum atomic E-state index is -0.156. The molecule has 0 fully saturated rings. The van der Waals surface area contributed by atoms with Crippen LogP contribution in [0.4, 0.5) is 11.5 Å². The van der Waals surface area contributed by atoms with Gasteiger partial charge < -0.3 is 5.32 Å². The summed E-state index contributed by atoms with van der Waals surface area (Å²) in [5.41, 5.74) is 3.04. The largest absolute Gasteiger partial charge is 0.334 e. The van der Waals surface area contributed by atoms with E-state index < -0.39 is 0 Å². The third-order valence-corrected chi connectivity index (χ3v) is 5.73. The lowest BCUT2D eigenvalue weighted by molar-refractivity contribution is 0.597. The molecule has 3 aromatic rings. The number of nitrogens with zero attached hydrogens (tertiary/aromatic N) is 3. The standard InChI is InChI=1S/C20H21BrN4OS/c1-3-15-7-5-6-8-17(15)22-18-19(26)25(4-2)20(24-23-18)27-13-14-9-11-16(21)12-10-14/h5-12H,3-4,13H2,1-2H3,(H,22,23). The van der Waals surface area contributed by atoms with Crippen molar-refractivity contribution in [1.29, 1.82) is 0 Å². The summed E-state index contributed by atoms with van der Waals surface area (Å²) in [6.45, 7) is 4.57. The van der Waals surface area contributed by atoms with Crippen molar-refractivity contribution in [2.45, 2.75) is 37.7 Å². The molecule has 0 aliphatic carbocycles. The average Bonchev–Trinajstić information content (AvgIpc) is 2.69. The normalized spacial score (nSPS) is 10.8. The van der Waals surface area contributed by atoms with E-state index >= 15 is 0 Å². The van der Waals surface area contributed by atoms with E-state index in [1.807, 2.05) is 43.3 Å². The summed E-state index contributed by atoms with van der Waals surface area (Å²) in [6.07, 6.45) is 0.875. The van der Waals surface area contributed by atoms with Gasteiger partial charge in [0.05, 0.1) is 0 Å². The van der Waals surface area contributed by atoms with E-state index in [0.29, 0.717) is 11.7 Å². The van der Waals surface area contributed by atoms with Crippen molar-refractivity contribution in [3.8, 4) is 0 Å². The van der Waals surface area contributed by atoms with Gasteiger partial charge in [-0.1, -0.05) is 64.9 Å². The van der Waals surface area contributed by atoms with Crippen molar-refractivity contribution in [3.05, 3.63) is 74.5 Å². The smallest absolute Gasteiger partial charge is 0.297 e. The van der Waals surface area contributed by atoms with Gasteiger partial charge in [0, 0.05) is 22.5 Å². The molecule has 1 N–H and O–H groups in total. The van der Waals surface area contributed by atoms with E-state index in [4.69, 9.17) is 0 Å². The summed E-state index contributed by atoms with van der Waals surface area (Å²) in [7, 11) is 0. The van der Waals surface area contributed by atoms with E-state index in [-0.39, 0.29) is 11.4 Å². The van der Waals surface area contributed by atoms with Crippen molar-refractivity contribution in [3.63, 3.8) is 0 Å². The van der Waals surface area contributed by atoms with Crippen molar-refractivity contribution < 1.29 is 0 Å². The van der Waals surface area contributed by atoms with E-state index in [2.05, 4.69) is 50.5 Å². The van der Waals surface area contributed by atoms with Gasteiger partial charge in [-0.2, -0.15) is 0 Å². The van der Waals surface area contributed by atoms with Crippen LogP contribution in [0.25, 0.3) is 0 Å². The van der Waals surface area contributed by atoms with Crippen LogP contribution in [0.5, 0.6) is 0 Å². The zero-order valence-electron chi connectivity index (χ0n) is 15.3. The van der Waals surface area contributed by atoms with Gasteiger partial charge in [0.1, 0.15) is 0 Å². The van der Waals surface area contributed by atoms with Crippen LogP contribution in [0.15, 0.2) is 63.0 Å². The molecule has 3 rings (SSSR count). The zero-order chi connectivity index (χ0) is 19.2. The number of thioether (sulfide) groups is 1. The van der Waals surface area contributed by atoms with Crippen LogP contribution < -0.4 is 10.9 Å². The molecule has 1 heterocycles. The molecule has 0 spiro atoms. The van der Waals surface area contributed by atoms with Crippen LogP contribution in [0.1, 0.15) is 25.0 Å². The summed E-state index contributed by atoms with van der Waals surface area (Å²) in [5.74, 6) is 0.984. The molecule has 0 amide bonds. The molecule has 0 aliphatic rings. The summed E-state index contributed by atoms with van der Waals surface area (Å²) >= 11 is 4.95. The number of nitrogens with one attached hydrogen (secondary N) is 1. The Morgan fingerprint density at radius 2 is 1.81 bits per heavy atom. The Kier molecular flexibility index (Phi) is 6.68. The Balaban J connectivity index is 1.82. The Bertz CT molecular complexity index is 972. The lowest BCUT2D eigenvalue weighted by atomic mass is 10.1. The molecule has 0 saturated heterocycles. The molecule has 7 heteroatoms. The van der Waals surface area contributed by atoms with Crippen LogP contribution in [0, 0.1) is 0 Å². The Morgan fingerprint density at radius 3 is 2.52 bits per heavy atom. The van der Waals surface area contributed by atoms with E-state index in [1.54, 1.807) is 4.57 Å². The SMILES string of the molecule is CCc1ccccc1Nc1nnc(SCc2ccc(Br)cc2)n(CC)c1=O. The molecule has 2 aromatic carbocycles. The third kappa shape index (κ3) is 4.78. The highest BCUT2D eigenvalue weighted by molar-refractivity contribution is 9.10. The molecule has 1 aromatic heterocycles. The average molecular weight is 445 g/mol.